The predicted octanol–water partition coefficient (Wildman–Crippen LogP) is 3.25. The Morgan fingerprint density at radius 3 is 2.26 bits per heavy atom. The third-order valence-electron chi connectivity index (χ3n) is 2.49. The molecule has 0 aliphatic heterocycles. The molecule has 2 aromatic carbocycles. The molecule has 0 amide bonds. The second-order valence-corrected chi connectivity index (χ2v) is 4.91. The van der Waals surface area contributed by atoms with Crippen LogP contribution < -0.4 is 4.74 Å². The van der Waals surface area contributed by atoms with E-state index in [4.69, 9.17) is 9.84 Å². The molecule has 0 unspecified atom stereocenters. The van der Waals surface area contributed by atoms with Crippen molar-refractivity contribution in [3.05, 3.63) is 48.0 Å². The Balaban J connectivity index is 2.16. The molecule has 0 spiro atoms. The summed E-state index contributed by atoms with van der Waals surface area (Å²) in [5.41, 5.74) is 0.252. The van der Waals surface area contributed by atoms with Crippen LogP contribution in [0.15, 0.2) is 52.3 Å². The monoisotopic (exact) mass is 276 g/mol. The van der Waals surface area contributed by atoms with E-state index in [0.29, 0.717) is 5.75 Å². The zero-order valence-electron chi connectivity index (χ0n) is 10.2. The highest BCUT2D eigenvalue weighted by atomic mass is 32.2. The SMILES string of the molecule is COc1ccc(Sc2ccc(C(=O)O)cc2)cc1O. The van der Waals surface area contributed by atoms with Crippen LogP contribution >= 0.6 is 11.8 Å². The number of phenolic OH excluding ortho intramolecular Hbond substituents is 1. The summed E-state index contributed by atoms with van der Waals surface area (Å²) in [5.74, 6) is -0.445. The normalized spacial score (nSPS) is 10.2. The molecule has 2 N–H and O–H groups in total. The predicted molar refractivity (Wildman–Crippen MR) is 72.2 cm³/mol. The summed E-state index contributed by atoms with van der Waals surface area (Å²) in [6.45, 7) is 0. The molecule has 0 heterocycles. The van der Waals surface area contributed by atoms with Crippen molar-refractivity contribution in [3.63, 3.8) is 0 Å². The van der Waals surface area contributed by atoms with Crippen LogP contribution in [0.3, 0.4) is 0 Å². The first kappa shape index (κ1) is 13.3. The number of hydrogen-bond acceptors (Lipinski definition) is 4. The van der Waals surface area contributed by atoms with Crippen molar-refractivity contribution in [2.24, 2.45) is 0 Å². The van der Waals surface area contributed by atoms with Crippen LogP contribution in [0.25, 0.3) is 0 Å². The lowest BCUT2D eigenvalue weighted by Crippen LogP contribution is -1.94. The lowest BCUT2D eigenvalue weighted by atomic mass is 10.2. The van der Waals surface area contributed by atoms with E-state index in [0.717, 1.165) is 9.79 Å². The van der Waals surface area contributed by atoms with Crippen molar-refractivity contribution in [3.8, 4) is 11.5 Å². The highest BCUT2D eigenvalue weighted by Gasteiger charge is 2.05. The van der Waals surface area contributed by atoms with Crippen LogP contribution in [-0.2, 0) is 0 Å². The summed E-state index contributed by atoms with van der Waals surface area (Å²) in [5, 5.41) is 18.5. The lowest BCUT2D eigenvalue weighted by molar-refractivity contribution is 0.0697. The fraction of sp³-hybridized carbons (Fsp3) is 0.0714. The largest absolute Gasteiger partial charge is 0.504 e. The maximum Gasteiger partial charge on any atom is 0.335 e. The van der Waals surface area contributed by atoms with E-state index < -0.39 is 5.97 Å². The average molecular weight is 276 g/mol. The van der Waals surface area contributed by atoms with Gasteiger partial charge in [0.05, 0.1) is 12.7 Å². The molecule has 0 saturated carbocycles. The molecule has 0 radical (unpaired) electrons. The van der Waals surface area contributed by atoms with Gasteiger partial charge in [-0.15, -0.1) is 0 Å². The van der Waals surface area contributed by atoms with Gasteiger partial charge in [-0.1, -0.05) is 11.8 Å². The number of carbonyl (C=O) groups is 1. The van der Waals surface area contributed by atoms with Gasteiger partial charge in [-0.3, -0.25) is 0 Å². The van der Waals surface area contributed by atoms with Gasteiger partial charge in [-0.05, 0) is 42.5 Å². The Bertz CT molecular complexity index is 593. The Hall–Kier alpha value is -2.14. The maximum atomic E-state index is 10.7. The third kappa shape index (κ3) is 3.20. The quantitative estimate of drug-likeness (QED) is 0.897. The van der Waals surface area contributed by atoms with Crippen molar-refractivity contribution in [1.29, 1.82) is 0 Å². The Labute approximate surface area is 114 Å². The Kier molecular flexibility index (Phi) is 3.97. The smallest absolute Gasteiger partial charge is 0.335 e. The van der Waals surface area contributed by atoms with E-state index in [2.05, 4.69) is 0 Å². The number of hydrogen-bond donors (Lipinski definition) is 2. The van der Waals surface area contributed by atoms with Crippen LogP contribution in [0, 0.1) is 0 Å². The molecule has 0 saturated heterocycles. The van der Waals surface area contributed by atoms with Crippen molar-refractivity contribution >= 4 is 17.7 Å². The fourth-order valence-electron chi connectivity index (χ4n) is 1.53. The first-order valence-electron chi connectivity index (χ1n) is 5.48. The first-order valence-corrected chi connectivity index (χ1v) is 6.30. The van der Waals surface area contributed by atoms with Crippen LogP contribution in [0.2, 0.25) is 0 Å². The summed E-state index contributed by atoms with van der Waals surface area (Å²) in [4.78, 5) is 12.5. The molecule has 2 aromatic rings. The Morgan fingerprint density at radius 1 is 1.11 bits per heavy atom. The topological polar surface area (TPSA) is 66.8 Å². The van der Waals surface area contributed by atoms with Crippen LogP contribution in [0.5, 0.6) is 11.5 Å². The molecule has 0 aliphatic carbocycles. The van der Waals surface area contributed by atoms with E-state index in [9.17, 15) is 9.90 Å². The van der Waals surface area contributed by atoms with Crippen LogP contribution in [0.4, 0.5) is 0 Å². The highest BCUT2D eigenvalue weighted by Crippen LogP contribution is 2.34. The number of carboxylic acid groups (broad SMARTS) is 1. The van der Waals surface area contributed by atoms with Gasteiger partial charge in [0, 0.05) is 9.79 Å². The summed E-state index contributed by atoms with van der Waals surface area (Å²) in [7, 11) is 1.49. The minimum absolute atomic E-state index is 0.0784. The zero-order valence-corrected chi connectivity index (χ0v) is 11.0. The van der Waals surface area contributed by atoms with Gasteiger partial charge in [0.1, 0.15) is 0 Å². The highest BCUT2D eigenvalue weighted by molar-refractivity contribution is 7.99. The van der Waals surface area contributed by atoms with Gasteiger partial charge >= 0.3 is 5.97 Å². The molecule has 19 heavy (non-hydrogen) atoms. The van der Waals surface area contributed by atoms with Crippen LogP contribution in [0.1, 0.15) is 10.4 Å². The number of ether oxygens (including phenoxy) is 1. The molecule has 5 heteroatoms. The van der Waals surface area contributed by atoms with Crippen molar-refractivity contribution in [1.82, 2.24) is 0 Å². The van der Waals surface area contributed by atoms with Crippen LogP contribution in [-0.4, -0.2) is 23.3 Å². The van der Waals surface area contributed by atoms with E-state index in [1.54, 1.807) is 36.4 Å². The van der Waals surface area contributed by atoms with Gasteiger partial charge in [-0.25, -0.2) is 4.79 Å². The summed E-state index contributed by atoms with van der Waals surface area (Å²) >= 11 is 1.43. The van der Waals surface area contributed by atoms with Gasteiger partial charge in [0.25, 0.3) is 0 Å². The standard InChI is InChI=1S/C14H12O4S/c1-18-13-7-6-11(8-12(13)15)19-10-4-2-9(3-5-10)14(16)17/h2-8,15H,1H3,(H,16,17). The van der Waals surface area contributed by atoms with E-state index >= 15 is 0 Å². The van der Waals surface area contributed by atoms with E-state index in [1.807, 2.05) is 6.07 Å². The number of methoxy groups -OCH3 is 1. The van der Waals surface area contributed by atoms with Crippen molar-refractivity contribution < 1.29 is 19.7 Å². The summed E-state index contributed by atoms with van der Waals surface area (Å²) < 4.78 is 4.97. The van der Waals surface area contributed by atoms with E-state index in [-0.39, 0.29) is 11.3 Å². The van der Waals surface area contributed by atoms with E-state index in [1.165, 1.54) is 18.9 Å². The number of phenols is 1. The number of aromatic hydroxyl groups is 1. The van der Waals surface area contributed by atoms with Crippen molar-refractivity contribution in [2.45, 2.75) is 9.79 Å². The average Bonchev–Trinajstić information content (AvgIpc) is 2.39. The van der Waals surface area contributed by atoms with Crippen molar-refractivity contribution in [2.75, 3.05) is 7.11 Å². The Morgan fingerprint density at radius 2 is 1.74 bits per heavy atom. The summed E-state index contributed by atoms with van der Waals surface area (Å²) in [6.07, 6.45) is 0. The minimum Gasteiger partial charge on any atom is -0.504 e. The lowest BCUT2D eigenvalue weighted by Gasteiger charge is -2.06. The zero-order chi connectivity index (χ0) is 13.8. The molecule has 0 aromatic heterocycles. The molecular formula is C14H12O4S. The summed E-state index contributed by atoms with van der Waals surface area (Å²) in [6, 6.07) is 11.7. The third-order valence-corrected chi connectivity index (χ3v) is 3.48. The van der Waals surface area contributed by atoms with Gasteiger partial charge in [0.15, 0.2) is 11.5 Å². The molecule has 2 rings (SSSR count). The first-order chi connectivity index (χ1) is 9.10. The number of benzene rings is 2. The van der Waals surface area contributed by atoms with Gasteiger partial charge in [0.2, 0.25) is 0 Å². The number of aromatic carboxylic acids is 1. The van der Waals surface area contributed by atoms with Gasteiger partial charge < -0.3 is 14.9 Å². The molecule has 0 atom stereocenters. The molecule has 98 valence electrons. The second kappa shape index (κ2) is 5.67. The minimum atomic E-state index is -0.946. The maximum absolute atomic E-state index is 10.7. The fourth-order valence-corrected chi connectivity index (χ4v) is 2.39. The molecule has 0 aliphatic rings. The van der Waals surface area contributed by atoms with Gasteiger partial charge in [-0.2, -0.15) is 0 Å². The molecule has 0 bridgehead atoms. The number of rotatable bonds is 4. The second-order valence-electron chi connectivity index (χ2n) is 3.77. The number of carboxylic acids is 1. The molecular weight excluding hydrogens is 264 g/mol. The molecule has 0 fully saturated rings. The molecule has 4 nitrogen and oxygen atoms in total.